The summed E-state index contributed by atoms with van der Waals surface area (Å²) in [5.41, 5.74) is 0. The van der Waals surface area contributed by atoms with Crippen LogP contribution in [0.2, 0.25) is 0 Å². The number of rotatable bonds is 2. The Morgan fingerprint density at radius 2 is 1.88 bits per heavy atom. The number of alkyl halides is 3. The van der Waals surface area contributed by atoms with Gasteiger partial charge in [-0.3, -0.25) is 4.79 Å². The van der Waals surface area contributed by atoms with Gasteiger partial charge in [-0.25, -0.2) is 4.79 Å². The van der Waals surface area contributed by atoms with Crippen molar-refractivity contribution < 1.29 is 27.9 Å². The maximum absolute atomic E-state index is 10.8. The van der Waals surface area contributed by atoms with Gasteiger partial charge in [0, 0.05) is 19.1 Å². The first-order valence-corrected chi connectivity index (χ1v) is 4.61. The first-order valence-electron chi connectivity index (χ1n) is 4.61. The van der Waals surface area contributed by atoms with Crippen molar-refractivity contribution in [2.45, 2.75) is 12.2 Å². The lowest BCUT2D eigenvalue weighted by Crippen LogP contribution is -2.58. The van der Waals surface area contributed by atoms with Gasteiger partial charge >= 0.3 is 12.1 Å². The summed E-state index contributed by atoms with van der Waals surface area (Å²) in [5.74, 6) is -2.72. The summed E-state index contributed by atoms with van der Waals surface area (Å²) in [6.07, 6.45) is -3.73. The molecule has 1 saturated heterocycles. The molecular formula is C9H13F3N2O3. The van der Waals surface area contributed by atoms with Gasteiger partial charge in [-0.15, -0.1) is 0 Å². The van der Waals surface area contributed by atoms with E-state index in [0.29, 0.717) is 6.04 Å². The Balaban J connectivity index is 0.000000325. The van der Waals surface area contributed by atoms with E-state index in [9.17, 15) is 18.0 Å². The number of likely N-dealkylation sites (tertiary alicyclic amines) is 1. The van der Waals surface area contributed by atoms with Crippen molar-refractivity contribution in [2.75, 3.05) is 20.1 Å². The summed E-state index contributed by atoms with van der Waals surface area (Å²) in [4.78, 5) is 21.5. The molecule has 1 amide bonds. The molecule has 2 N–H and O–H groups in total. The average Bonchev–Trinajstić information content (AvgIpc) is 2.15. The molecule has 0 aromatic heterocycles. The largest absolute Gasteiger partial charge is 0.490 e. The second kappa shape index (κ2) is 6.24. The highest BCUT2D eigenvalue weighted by Gasteiger charge is 2.38. The topological polar surface area (TPSA) is 69.6 Å². The molecule has 0 unspecified atom stereocenters. The number of aliphatic carboxylic acids is 1. The molecule has 0 aliphatic carbocycles. The summed E-state index contributed by atoms with van der Waals surface area (Å²) >= 11 is 0. The van der Waals surface area contributed by atoms with E-state index >= 15 is 0 Å². The Labute approximate surface area is 95.9 Å². The smallest absolute Gasteiger partial charge is 0.475 e. The number of halogens is 3. The molecule has 1 aliphatic rings. The molecule has 17 heavy (non-hydrogen) atoms. The number of likely N-dealkylation sites (N-methyl/N-ethyl adjacent to an activating group) is 1. The highest BCUT2D eigenvalue weighted by Crippen LogP contribution is 2.13. The molecule has 0 bridgehead atoms. The van der Waals surface area contributed by atoms with E-state index < -0.39 is 12.1 Å². The van der Waals surface area contributed by atoms with Crippen LogP contribution in [0.25, 0.3) is 0 Å². The Bertz CT molecular complexity index is 298. The predicted octanol–water partition coefficient (Wildman–Crippen LogP) is 0.236. The van der Waals surface area contributed by atoms with Crippen LogP contribution in [0, 0.1) is 0 Å². The van der Waals surface area contributed by atoms with Gasteiger partial charge in [0.05, 0.1) is 0 Å². The lowest BCUT2D eigenvalue weighted by Gasteiger charge is -2.38. The molecule has 1 aliphatic heterocycles. The van der Waals surface area contributed by atoms with Crippen molar-refractivity contribution in [1.29, 1.82) is 0 Å². The number of hydrogen-bond donors (Lipinski definition) is 2. The molecule has 1 fully saturated rings. The maximum Gasteiger partial charge on any atom is 0.490 e. The Hall–Kier alpha value is -1.57. The average molecular weight is 254 g/mol. The van der Waals surface area contributed by atoms with Crippen LogP contribution in [0.15, 0.2) is 12.7 Å². The number of nitrogens with one attached hydrogen (secondary N) is 1. The summed E-state index contributed by atoms with van der Waals surface area (Å²) in [5, 5.41) is 10.2. The van der Waals surface area contributed by atoms with E-state index in [0.717, 1.165) is 13.1 Å². The van der Waals surface area contributed by atoms with Crippen molar-refractivity contribution in [2.24, 2.45) is 0 Å². The van der Waals surface area contributed by atoms with Crippen molar-refractivity contribution in [3.8, 4) is 0 Å². The molecule has 1 heterocycles. The number of carboxylic acid groups (broad SMARTS) is 1. The fraction of sp³-hybridized carbons (Fsp3) is 0.556. The minimum Gasteiger partial charge on any atom is -0.475 e. The van der Waals surface area contributed by atoms with E-state index in [1.54, 1.807) is 4.90 Å². The molecule has 0 radical (unpaired) electrons. The summed E-state index contributed by atoms with van der Waals surface area (Å²) < 4.78 is 31.7. The standard InChI is InChI=1S/C7H12N2O.C2HF3O2/c1-3-7(10)9-4-6(5-9)8-2;3-2(4,5)1(6)7/h3,6,8H,1,4-5H2,2H3;(H,6,7). The fourth-order valence-electron chi connectivity index (χ4n) is 0.970. The summed E-state index contributed by atoms with van der Waals surface area (Å²) in [6, 6.07) is 0.490. The van der Waals surface area contributed by atoms with Crippen LogP contribution < -0.4 is 5.32 Å². The fourth-order valence-corrected chi connectivity index (χ4v) is 0.970. The van der Waals surface area contributed by atoms with Gasteiger partial charge in [0.2, 0.25) is 5.91 Å². The van der Waals surface area contributed by atoms with Gasteiger partial charge in [-0.05, 0) is 13.1 Å². The van der Waals surface area contributed by atoms with Gasteiger partial charge in [0.15, 0.2) is 0 Å². The third-order valence-electron chi connectivity index (χ3n) is 2.02. The van der Waals surface area contributed by atoms with Crippen LogP contribution >= 0.6 is 0 Å². The Morgan fingerprint density at radius 3 is 2.12 bits per heavy atom. The maximum atomic E-state index is 10.8. The molecule has 5 nitrogen and oxygen atoms in total. The van der Waals surface area contributed by atoms with E-state index in [-0.39, 0.29) is 5.91 Å². The number of carboxylic acids is 1. The van der Waals surface area contributed by atoms with Gasteiger partial charge < -0.3 is 15.3 Å². The highest BCUT2D eigenvalue weighted by atomic mass is 19.4. The van der Waals surface area contributed by atoms with Crippen LogP contribution in [-0.4, -0.2) is 54.2 Å². The quantitative estimate of drug-likeness (QED) is 0.692. The normalized spacial score (nSPS) is 15.4. The van der Waals surface area contributed by atoms with Gasteiger partial charge in [-0.2, -0.15) is 13.2 Å². The molecule has 0 atom stereocenters. The number of carbonyl (C=O) groups is 2. The van der Waals surface area contributed by atoms with Crippen molar-refractivity contribution in [3.05, 3.63) is 12.7 Å². The third kappa shape index (κ3) is 5.34. The second-order valence-electron chi connectivity index (χ2n) is 3.24. The zero-order chi connectivity index (χ0) is 13.6. The molecule has 8 heteroatoms. The molecular weight excluding hydrogens is 241 g/mol. The van der Waals surface area contributed by atoms with E-state index in [2.05, 4.69) is 11.9 Å². The molecule has 0 spiro atoms. The van der Waals surface area contributed by atoms with Crippen molar-refractivity contribution in [3.63, 3.8) is 0 Å². The second-order valence-corrected chi connectivity index (χ2v) is 3.24. The van der Waals surface area contributed by atoms with Crippen LogP contribution in [0.4, 0.5) is 13.2 Å². The zero-order valence-electron chi connectivity index (χ0n) is 9.12. The lowest BCUT2D eigenvalue weighted by molar-refractivity contribution is -0.192. The number of amides is 1. The van der Waals surface area contributed by atoms with Crippen molar-refractivity contribution in [1.82, 2.24) is 10.2 Å². The summed E-state index contributed by atoms with van der Waals surface area (Å²) in [6.45, 7) is 5.04. The predicted molar refractivity (Wildman–Crippen MR) is 53.3 cm³/mol. The first kappa shape index (κ1) is 15.4. The van der Waals surface area contributed by atoms with Gasteiger partial charge in [0.1, 0.15) is 0 Å². The SMILES string of the molecule is C=CC(=O)N1CC(NC)C1.O=C(O)C(F)(F)F. The monoisotopic (exact) mass is 254 g/mol. The van der Waals surface area contributed by atoms with Gasteiger partial charge in [-0.1, -0.05) is 6.58 Å². The van der Waals surface area contributed by atoms with E-state index in [1.165, 1.54) is 6.08 Å². The third-order valence-corrected chi connectivity index (χ3v) is 2.02. The van der Waals surface area contributed by atoms with Crippen LogP contribution in [0.5, 0.6) is 0 Å². The first-order chi connectivity index (χ1) is 7.72. The zero-order valence-corrected chi connectivity index (χ0v) is 9.12. The number of carbonyl (C=O) groups excluding carboxylic acids is 1. The van der Waals surface area contributed by atoms with Gasteiger partial charge in [0.25, 0.3) is 0 Å². The molecule has 0 aromatic carbocycles. The highest BCUT2D eigenvalue weighted by molar-refractivity contribution is 5.87. The molecule has 0 saturated carbocycles. The lowest BCUT2D eigenvalue weighted by atomic mass is 10.1. The molecule has 1 rings (SSSR count). The van der Waals surface area contributed by atoms with Crippen LogP contribution in [-0.2, 0) is 9.59 Å². The Kier molecular flexibility index (Phi) is 5.66. The number of hydrogen-bond acceptors (Lipinski definition) is 3. The minimum atomic E-state index is -5.08. The molecule has 98 valence electrons. The minimum absolute atomic E-state index is 0.0338. The van der Waals surface area contributed by atoms with E-state index in [4.69, 9.17) is 9.90 Å². The van der Waals surface area contributed by atoms with Crippen LogP contribution in [0.1, 0.15) is 0 Å². The van der Waals surface area contributed by atoms with Crippen LogP contribution in [0.3, 0.4) is 0 Å². The summed E-state index contributed by atoms with van der Waals surface area (Å²) in [7, 11) is 1.90. The van der Waals surface area contributed by atoms with Crippen molar-refractivity contribution >= 4 is 11.9 Å². The molecule has 0 aromatic rings. The Morgan fingerprint density at radius 1 is 1.47 bits per heavy atom. The number of nitrogens with zero attached hydrogens (tertiary/aromatic N) is 1. The van der Waals surface area contributed by atoms with E-state index in [1.807, 2.05) is 7.05 Å².